The van der Waals surface area contributed by atoms with Crippen molar-refractivity contribution >= 4 is 11.6 Å². The van der Waals surface area contributed by atoms with Gasteiger partial charge in [-0.05, 0) is 19.9 Å². The molecule has 2 aromatic rings. The Morgan fingerprint density at radius 3 is 2.76 bits per heavy atom. The smallest absolute Gasteiger partial charge is 0.246 e. The molecule has 0 saturated heterocycles. The third kappa shape index (κ3) is 2.52. The van der Waals surface area contributed by atoms with Crippen molar-refractivity contribution in [3.8, 4) is 0 Å². The fourth-order valence-electron chi connectivity index (χ4n) is 1.51. The maximum absolute atomic E-state index is 11.7. The van der Waals surface area contributed by atoms with Crippen molar-refractivity contribution in [2.24, 2.45) is 7.05 Å². The van der Waals surface area contributed by atoms with Gasteiger partial charge in [-0.2, -0.15) is 10.2 Å². The van der Waals surface area contributed by atoms with Crippen molar-refractivity contribution < 1.29 is 4.79 Å². The van der Waals surface area contributed by atoms with Crippen LogP contribution >= 0.6 is 0 Å². The van der Waals surface area contributed by atoms with E-state index in [1.807, 2.05) is 27.0 Å². The Morgan fingerprint density at radius 2 is 2.24 bits per heavy atom. The Labute approximate surface area is 99.2 Å². The highest BCUT2D eigenvalue weighted by Crippen LogP contribution is 2.11. The van der Waals surface area contributed by atoms with Gasteiger partial charge < -0.3 is 5.32 Å². The molecule has 0 saturated carbocycles. The summed E-state index contributed by atoms with van der Waals surface area (Å²) in [7, 11) is 1.84. The molecule has 0 spiro atoms. The monoisotopic (exact) mass is 233 g/mol. The van der Waals surface area contributed by atoms with E-state index in [1.165, 1.54) is 0 Å². The molecule has 0 bridgehead atoms. The second-order valence-electron chi connectivity index (χ2n) is 3.97. The first-order chi connectivity index (χ1) is 8.06. The van der Waals surface area contributed by atoms with E-state index in [0.29, 0.717) is 0 Å². The first-order valence-electron chi connectivity index (χ1n) is 5.35. The number of nitrogens with zero attached hydrogens (tertiary/aromatic N) is 4. The number of hydrogen-bond donors (Lipinski definition) is 1. The molecular formula is C11H15N5O. The first-order valence-corrected chi connectivity index (χ1v) is 5.35. The molecule has 0 unspecified atom stereocenters. The third-order valence-electron chi connectivity index (χ3n) is 2.59. The predicted molar refractivity (Wildman–Crippen MR) is 63.5 cm³/mol. The predicted octanol–water partition coefficient (Wildman–Crippen LogP) is 0.872. The van der Waals surface area contributed by atoms with Crippen LogP contribution in [0.25, 0.3) is 0 Å². The van der Waals surface area contributed by atoms with Gasteiger partial charge in [0.25, 0.3) is 0 Å². The zero-order chi connectivity index (χ0) is 12.4. The van der Waals surface area contributed by atoms with Gasteiger partial charge in [0.15, 0.2) is 0 Å². The molecule has 1 N–H and O–H groups in total. The van der Waals surface area contributed by atoms with Crippen molar-refractivity contribution in [1.82, 2.24) is 19.6 Å². The summed E-state index contributed by atoms with van der Waals surface area (Å²) in [6.07, 6.45) is 3.42. The summed E-state index contributed by atoms with van der Waals surface area (Å²) in [5.41, 5.74) is 2.56. The third-order valence-corrected chi connectivity index (χ3v) is 2.59. The molecule has 6 heteroatoms. The number of nitrogens with one attached hydrogen (secondary N) is 1. The van der Waals surface area contributed by atoms with Crippen molar-refractivity contribution in [3.05, 3.63) is 29.8 Å². The van der Waals surface area contributed by atoms with E-state index >= 15 is 0 Å². The van der Waals surface area contributed by atoms with E-state index in [4.69, 9.17) is 0 Å². The second-order valence-corrected chi connectivity index (χ2v) is 3.97. The SMILES string of the molecule is Cc1ccn(CC(=O)Nc2cnn(C)c2C)n1. The molecule has 0 fully saturated rings. The molecule has 2 heterocycles. The lowest BCUT2D eigenvalue weighted by Crippen LogP contribution is -2.19. The van der Waals surface area contributed by atoms with E-state index in [2.05, 4.69) is 15.5 Å². The summed E-state index contributed by atoms with van der Waals surface area (Å²) in [4.78, 5) is 11.7. The van der Waals surface area contributed by atoms with Gasteiger partial charge in [-0.3, -0.25) is 14.2 Å². The lowest BCUT2D eigenvalue weighted by Gasteiger charge is -2.04. The zero-order valence-electron chi connectivity index (χ0n) is 10.1. The number of carbonyl (C=O) groups excluding carboxylic acids is 1. The number of carbonyl (C=O) groups is 1. The molecular weight excluding hydrogens is 218 g/mol. The van der Waals surface area contributed by atoms with Gasteiger partial charge in [-0.1, -0.05) is 0 Å². The van der Waals surface area contributed by atoms with E-state index in [-0.39, 0.29) is 12.5 Å². The Hall–Kier alpha value is -2.11. The number of hydrogen-bond acceptors (Lipinski definition) is 3. The summed E-state index contributed by atoms with van der Waals surface area (Å²) < 4.78 is 3.32. The fourth-order valence-corrected chi connectivity index (χ4v) is 1.51. The molecule has 0 atom stereocenters. The number of rotatable bonds is 3. The average Bonchev–Trinajstić information content (AvgIpc) is 2.79. The van der Waals surface area contributed by atoms with Crippen molar-refractivity contribution in [3.63, 3.8) is 0 Å². The van der Waals surface area contributed by atoms with Crippen LogP contribution in [0, 0.1) is 13.8 Å². The van der Waals surface area contributed by atoms with Crippen LogP contribution in [0.4, 0.5) is 5.69 Å². The van der Waals surface area contributed by atoms with Crippen LogP contribution in [0.3, 0.4) is 0 Å². The maximum Gasteiger partial charge on any atom is 0.246 e. The molecule has 2 aromatic heterocycles. The molecule has 6 nitrogen and oxygen atoms in total. The molecule has 0 radical (unpaired) electrons. The minimum Gasteiger partial charge on any atom is -0.322 e. The van der Waals surface area contributed by atoms with Gasteiger partial charge in [-0.15, -0.1) is 0 Å². The normalized spacial score (nSPS) is 10.5. The van der Waals surface area contributed by atoms with Crippen LogP contribution in [0.5, 0.6) is 0 Å². The van der Waals surface area contributed by atoms with Crippen molar-refractivity contribution in [1.29, 1.82) is 0 Å². The highest BCUT2D eigenvalue weighted by atomic mass is 16.2. The molecule has 2 rings (SSSR count). The number of amides is 1. The Balaban J connectivity index is 2.00. The van der Waals surface area contributed by atoms with Crippen molar-refractivity contribution in [2.45, 2.75) is 20.4 Å². The van der Waals surface area contributed by atoms with Crippen LogP contribution in [0.15, 0.2) is 18.5 Å². The second kappa shape index (κ2) is 4.40. The largest absolute Gasteiger partial charge is 0.322 e. The number of aryl methyl sites for hydroxylation is 2. The number of aromatic nitrogens is 4. The minimum atomic E-state index is -0.107. The molecule has 90 valence electrons. The van der Waals surface area contributed by atoms with Crippen LogP contribution in [-0.4, -0.2) is 25.5 Å². The van der Waals surface area contributed by atoms with E-state index in [1.54, 1.807) is 21.8 Å². The van der Waals surface area contributed by atoms with Crippen molar-refractivity contribution in [2.75, 3.05) is 5.32 Å². The Morgan fingerprint density at radius 1 is 1.47 bits per heavy atom. The molecule has 0 aromatic carbocycles. The number of anilines is 1. The maximum atomic E-state index is 11.7. The van der Waals surface area contributed by atoms with Gasteiger partial charge in [0, 0.05) is 13.2 Å². The van der Waals surface area contributed by atoms with Crippen LogP contribution in [0.2, 0.25) is 0 Å². The summed E-state index contributed by atoms with van der Waals surface area (Å²) in [6.45, 7) is 4.00. The van der Waals surface area contributed by atoms with Crippen LogP contribution in [-0.2, 0) is 18.4 Å². The lowest BCUT2D eigenvalue weighted by atomic mass is 10.4. The van der Waals surface area contributed by atoms with Gasteiger partial charge in [0.2, 0.25) is 5.91 Å². The summed E-state index contributed by atoms with van der Waals surface area (Å²) >= 11 is 0. The highest BCUT2D eigenvalue weighted by Gasteiger charge is 2.08. The Kier molecular flexibility index (Phi) is 2.95. The molecule has 0 aliphatic heterocycles. The lowest BCUT2D eigenvalue weighted by molar-refractivity contribution is -0.116. The summed E-state index contributed by atoms with van der Waals surface area (Å²) in [6, 6.07) is 1.86. The van der Waals surface area contributed by atoms with Gasteiger partial charge in [0.1, 0.15) is 6.54 Å². The first kappa shape index (κ1) is 11.4. The average molecular weight is 233 g/mol. The van der Waals surface area contributed by atoms with Gasteiger partial charge in [-0.25, -0.2) is 0 Å². The van der Waals surface area contributed by atoms with Gasteiger partial charge >= 0.3 is 0 Å². The summed E-state index contributed by atoms with van der Waals surface area (Å²) in [5.74, 6) is -0.107. The van der Waals surface area contributed by atoms with E-state index in [9.17, 15) is 4.79 Å². The topological polar surface area (TPSA) is 64.7 Å². The quantitative estimate of drug-likeness (QED) is 0.855. The minimum absolute atomic E-state index is 0.107. The molecule has 1 amide bonds. The molecule has 0 aliphatic rings. The zero-order valence-corrected chi connectivity index (χ0v) is 10.1. The molecule has 0 aliphatic carbocycles. The Bertz CT molecular complexity index is 540. The standard InChI is InChI=1S/C11H15N5O/c1-8-4-5-16(14-8)7-11(17)13-10-6-12-15(3)9(10)2/h4-6H,7H2,1-3H3,(H,13,17). The highest BCUT2D eigenvalue weighted by molar-refractivity contribution is 5.90. The van der Waals surface area contributed by atoms with Crippen LogP contribution in [0.1, 0.15) is 11.4 Å². The van der Waals surface area contributed by atoms with E-state index in [0.717, 1.165) is 17.1 Å². The summed E-state index contributed by atoms with van der Waals surface area (Å²) in [5, 5.41) is 11.0. The molecule has 17 heavy (non-hydrogen) atoms. The van der Waals surface area contributed by atoms with Crippen LogP contribution < -0.4 is 5.32 Å². The van der Waals surface area contributed by atoms with E-state index < -0.39 is 0 Å². The fraction of sp³-hybridized carbons (Fsp3) is 0.364. The van der Waals surface area contributed by atoms with Gasteiger partial charge in [0.05, 0.1) is 23.3 Å².